The van der Waals surface area contributed by atoms with Crippen LogP contribution in [0.2, 0.25) is 0 Å². The predicted molar refractivity (Wildman–Crippen MR) is 120 cm³/mol. The van der Waals surface area contributed by atoms with E-state index >= 15 is 0 Å². The number of rotatable bonds is 9. The topological polar surface area (TPSA) is 110 Å². The number of nitrogens with one attached hydrogen (secondary N) is 1. The number of hydrogen-bond donors (Lipinski definition) is 2. The minimum absolute atomic E-state index is 0.0766. The summed E-state index contributed by atoms with van der Waals surface area (Å²) in [6, 6.07) is 14.8. The van der Waals surface area contributed by atoms with Crippen molar-refractivity contribution in [2.24, 2.45) is 0 Å². The van der Waals surface area contributed by atoms with Crippen LogP contribution >= 0.6 is 0 Å². The molecule has 0 saturated heterocycles. The van der Waals surface area contributed by atoms with Crippen LogP contribution in [0, 0.1) is 5.82 Å². The lowest BCUT2D eigenvalue weighted by Gasteiger charge is -2.24. The largest absolute Gasteiger partial charge is 0.481 e. The molecule has 168 valence electrons. The Morgan fingerprint density at radius 3 is 2.50 bits per heavy atom. The number of carbonyl (C=O) groups is 1. The van der Waals surface area contributed by atoms with Gasteiger partial charge < -0.3 is 15.4 Å². The summed E-state index contributed by atoms with van der Waals surface area (Å²) in [4.78, 5) is 41.5. The van der Waals surface area contributed by atoms with Gasteiger partial charge in [0.15, 0.2) is 23.9 Å². The maximum absolute atomic E-state index is 13.8. The molecule has 0 aliphatic rings. The number of hydrogen-bond acceptors (Lipinski definition) is 5. The van der Waals surface area contributed by atoms with E-state index in [2.05, 4.69) is 4.98 Å². The van der Waals surface area contributed by atoms with E-state index in [1.165, 1.54) is 27.7 Å². The van der Waals surface area contributed by atoms with Crippen molar-refractivity contribution in [3.8, 4) is 5.75 Å². The number of unbranched alkanes of at least 4 members (excludes halogenated alkanes) is 1. The summed E-state index contributed by atoms with van der Waals surface area (Å²) in [7, 11) is 0. The first kappa shape index (κ1) is 22.8. The van der Waals surface area contributed by atoms with Crippen LogP contribution in [0.15, 0.2) is 64.2 Å². The first-order valence-corrected chi connectivity index (χ1v) is 10.3. The van der Waals surface area contributed by atoms with Crippen molar-refractivity contribution in [3.05, 3.63) is 86.8 Å². The molecule has 0 spiro atoms. The Bertz CT molecular complexity index is 1190. The fourth-order valence-corrected chi connectivity index (χ4v) is 3.22. The van der Waals surface area contributed by atoms with Crippen molar-refractivity contribution in [2.45, 2.75) is 26.3 Å². The molecule has 0 bridgehead atoms. The highest BCUT2D eigenvalue weighted by atomic mass is 19.1. The van der Waals surface area contributed by atoms with Gasteiger partial charge in [0.25, 0.3) is 11.5 Å². The number of para-hydroxylation sites is 1. The van der Waals surface area contributed by atoms with Gasteiger partial charge in [0.1, 0.15) is 5.82 Å². The summed E-state index contributed by atoms with van der Waals surface area (Å²) >= 11 is 0. The number of amides is 1. The number of nitrogens with zero attached hydrogens (tertiary/aromatic N) is 2. The van der Waals surface area contributed by atoms with Crippen molar-refractivity contribution in [3.63, 3.8) is 0 Å². The highest BCUT2D eigenvalue weighted by Crippen LogP contribution is 2.20. The molecule has 9 heteroatoms. The van der Waals surface area contributed by atoms with Crippen LogP contribution in [-0.2, 0) is 11.3 Å². The second-order valence-corrected chi connectivity index (χ2v) is 7.18. The van der Waals surface area contributed by atoms with E-state index in [4.69, 9.17) is 10.5 Å². The lowest BCUT2D eigenvalue weighted by molar-refractivity contribution is -0.120. The third kappa shape index (κ3) is 5.23. The Hall–Kier alpha value is -3.88. The average molecular weight is 440 g/mol. The van der Waals surface area contributed by atoms with Gasteiger partial charge in [-0.3, -0.25) is 19.1 Å². The van der Waals surface area contributed by atoms with E-state index in [9.17, 15) is 18.8 Å². The number of nitrogen functional groups attached to an aromatic ring is 1. The molecule has 1 aromatic heterocycles. The van der Waals surface area contributed by atoms with Gasteiger partial charge in [-0.05, 0) is 24.1 Å². The number of anilines is 2. The Labute approximate surface area is 184 Å². The van der Waals surface area contributed by atoms with Gasteiger partial charge in [-0.1, -0.05) is 55.8 Å². The van der Waals surface area contributed by atoms with E-state index < -0.39 is 29.6 Å². The second-order valence-electron chi connectivity index (χ2n) is 7.18. The molecule has 0 radical (unpaired) electrons. The number of H-pyrrole nitrogens is 1. The third-order valence-corrected chi connectivity index (χ3v) is 4.89. The van der Waals surface area contributed by atoms with Crippen LogP contribution in [0.3, 0.4) is 0 Å². The molecular weight excluding hydrogens is 415 g/mol. The van der Waals surface area contributed by atoms with Gasteiger partial charge in [-0.25, -0.2) is 9.18 Å². The maximum atomic E-state index is 13.8. The molecule has 3 aromatic rings. The Balaban J connectivity index is 1.94. The number of aromatic amines is 1. The van der Waals surface area contributed by atoms with E-state index in [0.717, 1.165) is 12.0 Å². The molecule has 0 atom stereocenters. The number of benzene rings is 2. The highest BCUT2D eigenvalue weighted by Gasteiger charge is 2.24. The zero-order chi connectivity index (χ0) is 23.1. The van der Waals surface area contributed by atoms with Crippen LogP contribution in [0.25, 0.3) is 0 Å². The third-order valence-electron chi connectivity index (χ3n) is 4.89. The quantitative estimate of drug-likeness (QED) is 0.531. The monoisotopic (exact) mass is 440 g/mol. The minimum atomic E-state index is -0.771. The lowest BCUT2D eigenvalue weighted by atomic mass is 10.2. The van der Waals surface area contributed by atoms with Gasteiger partial charge in [0.05, 0.1) is 6.54 Å². The molecule has 8 nitrogen and oxygen atoms in total. The van der Waals surface area contributed by atoms with Gasteiger partial charge in [-0.2, -0.15) is 0 Å². The van der Waals surface area contributed by atoms with E-state index in [1.54, 1.807) is 6.07 Å². The maximum Gasteiger partial charge on any atom is 0.330 e. The molecule has 3 N–H and O–H groups in total. The number of carbonyl (C=O) groups excluding carboxylic acids is 1. The van der Waals surface area contributed by atoms with Gasteiger partial charge in [0, 0.05) is 6.54 Å². The summed E-state index contributed by atoms with van der Waals surface area (Å²) < 4.78 is 20.4. The molecule has 32 heavy (non-hydrogen) atoms. The smallest absolute Gasteiger partial charge is 0.330 e. The fourth-order valence-electron chi connectivity index (χ4n) is 3.22. The van der Waals surface area contributed by atoms with Gasteiger partial charge in [-0.15, -0.1) is 0 Å². The molecule has 0 saturated carbocycles. The van der Waals surface area contributed by atoms with E-state index in [-0.39, 0.29) is 30.3 Å². The molecule has 1 heterocycles. The van der Waals surface area contributed by atoms with Crippen LogP contribution < -0.4 is 26.6 Å². The zero-order valence-electron chi connectivity index (χ0n) is 17.7. The Morgan fingerprint density at radius 2 is 1.81 bits per heavy atom. The number of ether oxygens (including phenoxy) is 1. The van der Waals surface area contributed by atoms with Crippen molar-refractivity contribution < 1.29 is 13.9 Å². The number of nitrogens with two attached hydrogens (primary N) is 1. The summed E-state index contributed by atoms with van der Waals surface area (Å²) in [6.45, 7) is 1.74. The number of aromatic nitrogens is 2. The normalized spacial score (nSPS) is 10.7. The lowest BCUT2D eigenvalue weighted by Crippen LogP contribution is -2.43. The molecule has 0 fully saturated rings. The first-order valence-electron chi connectivity index (χ1n) is 10.3. The average Bonchev–Trinajstić information content (AvgIpc) is 2.78. The van der Waals surface area contributed by atoms with Gasteiger partial charge >= 0.3 is 5.69 Å². The van der Waals surface area contributed by atoms with Crippen molar-refractivity contribution in [1.29, 1.82) is 0 Å². The second kappa shape index (κ2) is 10.4. The predicted octanol–water partition coefficient (Wildman–Crippen LogP) is 2.52. The van der Waals surface area contributed by atoms with Crippen LogP contribution in [0.1, 0.15) is 25.3 Å². The van der Waals surface area contributed by atoms with Gasteiger partial charge in [0.2, 0.25) is 0 Å². The van der Waals surface area contributed by atoms with Crippen molar-refractivity contribution >= 4 is 17.4 Å². The standard InChI is InChI=1S/C23H25FN4O4/c1-2-3-13-27(19(29)15-32-18-12-8-7-11-17(18)24)20-21(25)28(23(31)26-22(20)30)14-16-9-5-4-6-10-16/h4-12H,2-3,13-15,25H2,1H3,(H,26,30,31). The summed E-state index contributed by atoms with van der Waals surface area (Å²) in [6.07, 6.45) is 1.33. The SMILES string of the molecule is CCCCN(C(=O)COc1ccccc1F)c1c(N)n(Cc2ccccc2)c(=O)[nH]c1=O. The number of halogens is 1. The molecule has 0 aliphatic carbocycles. The molecule has 0 aliphatic heterocycles. The molecule has 0 unspecified atom stereocenters. The summed E-state index contributed by atoms with van der Waals surface area (Å²) in [5, 5.41) is 0. The summed E-state index contributed by atoms with van der Waals surface area (Å²) in [5.74, 6) is -1.39. The molecule has 3 rings (SSSR count). The Morgan fingerprint density at radius 1 is 1.12 bits per heavy atom. The van der Waals surface area contributed by atoms with Crippen LogP contribution in [-0.4, -0.2) is 28.6 Å². The molecular formula is C23H25FN4O4. The molecule has 2 aromatic carbocycles. The van der Waals surface area contributed by atoms with Crippen molar-refractivity contribution in [1.82, 2.24) is 9.55 Å². The van der Waals surface area contributed by atoms with E-state index in [1.807, 2.05) is 37.3 Å². The van der Waals surface area contributed by atoms with Crippen LogP contribution in [0.4, 0.5) is 15.9 Å². The van der Waals surface area contributed by atoms with Crippen LogP contribution in [0.5, 0.6) is 5.75 Å². The van der Waals surface area contributed by atoms with Crippen molar-refractivity contribution in [2.75, 3.05) is 23.8 Å². The van der Waals surface area contributed by atoms with E-state index in [0.29, 0.717) is 6.42 Å². The Kier molecular flexibility index (Phi) is 7.43. The first-order chi connectivity index (χ1) is 15.4. The minimum Gasteiger partial charge on any atom is -0.481 e. The molecule has 1 amide bonds. The highest BCUT2D eigenvalue weighted by molar-refractivity contribution is 5.96. The summed E-state index contributed by atoms with van der Waals surface area (Å²) in [5.41, 5.74) is 5.45. The fraction of sp³-hybridized carbons (Fsp3) is 0.261. The zero-order valence-corrected chi connectivity index (χ0v) is 17.7.